The Bertz CT molecular complexity index is 394. The maximum absolute atomic E-state index is 13.4. The van der Waals surface area contributed by atoms with Gasteiger partial charge in [-0.15, -0.1) is 0 Å². The molecule has 92 valence electrons. The van der Waals surface area contributed by atoms with Gasteiger partial charge in [-0.25, -0.2) is 4.39 Å². The summed E-state index contributed by atoms with van der Waals surface area (Å²) in [6, 6.07) is 6.65. The van der Waals surface area contributed by atoms with Gasteiger partial charge >= 0.3 is 0 Å². The molecule has 17 heavy (non-hydrogen) atoms. The first-order valence-electron chi connectivity index (χ1n) is 6.49. The molecule has 1 heterocycles. The van der Waals surface area contributed by atoms with Crippen molar-refractivity contribution in [3.63, 3.8) is 0 Å². The van der Waals surface area contributed by atoms with E-state index in [1.807, 2.05) is 6.92 Å². The number of hydrogen-bond donors (Lipinski definition) is 1. The van der Waals surface area contributed by atoms with Crippen LogP contribution in [0.25, 0.3) is 0 Å². The molecular formula is C14H19FN2. The molecule has 0 radical (unpaired) electrons. The summed E-state index contributed by atoms with van der Waals surface area (Å²) < 4.78 is 13.4. The Labute approximate surface area is 102 Å². The number of nitrogens with zero attached hydrogens (tertiary/aromatic N) is 1. The van der Waals surface area contributed by atoms with E-state index < -0.39 is 0 Å². The minimum Gasteiger partial charge on any atom is -0.370 e. The summed E-state index contributed by atoms with van der Waals surface area (Å²) in [6.45, 7) is 4.00. The van der Waals surface area contributed by atoms with Gasteiger partial charge in [0.05, 0.1) is 0 Å². The lowest BCUT2D eigenvalue weighted by Gasteiger charge is -2.19. The molecule has 1 aliphatic carbocycles. The standard InChI is InChI=1S/C14H19FN2/c1-10-6-11(15)8-14(7-10)17-5-4-13(9-17)16-12-2-3-12/h6-8,12-13,16H,2-5,9H2,1H3. The van der Waals surface area contributed by atoms with E-state index in [4.69, 9.17) is 0 Å². The average molecular weight is 234 g/mol. The van der Waals surface area contributed by atoms with E-state index in [0.717, 1.165) is 30.4 Å². The average Bonchev–Trinajstić information content (AvgIpc) is 2.93. The first-order valence-corrected chi connectivity index (χ1v) is 6.49. The number of aryl methyl sites for hydroxylation is 1. The molecule has 1 aromatic carbocycles. The first-order chi connectivity index (χ1) is 8.20. The molecule has 0 spiro atoms. The third kappa shape index (κ3) is 2.60. The Balaban J connectivity index is 1.67. The van der Waals surface area contributed by atoms with Crippen LogP contribution in [0.3, 0.4) is 0 Å². The number of benzene rings is 1. The fraction of sp³-hybridized carbons (Fsp3) is 0.571. The van der Waals surface area contributed by atoms with E-state index in [0.29, 0.717) is 6.04 Å². The second-order valence-corrected chi connectivity index (χ2v) is 5.36. The van der Waals surface area contributed by atoms with Gasteiger partial charge in [0.15, 0.2) is 0 Å². The number of halogens is 1. The topological polar surface area (TPSA) is 15.3 Å². The SMILES string of the molecule is Cc1cc(F)cc(N2CCC(NC3CC3)C2)c1. The van der Waals surface area contributed by atoms with E-state index in [2.05, 4.69) is 16.3 Å². The molecule has 1 saturated carbocycles. The summed E-state index contributed by atoms with van der Waals surface area (Å²) >= 11 is 0. The van der Waals surface area contributed by atoms with Crippen LogP contribution in [0.4, 0.5) is 10.1 Å². The molecule has 3 rings (SSSR count). The smallest absolute Gasteiger partial charge is 0.125 e. The zero-order valence-corrected chi connectivity index (χ0v) is 10.2. The van der Waals surface area contributed by atoms with Crippen molar-refractivity contribution in [3.8, 4) is 0 Å². The van der Waals surface area contributed by atoms with Crippen LogP contribution in [0.1, 0.15) is 24.8 Å². The van der Waals surface area contributed by atoms with Gasteiger partial charge in [-0.2, -0.15) is 0 Å². The Morgan fingerprint density at radius 3 is 2.71 bits per heavy atom. The minimum absolute atomic E-state index is 0.126. The third-order valence-electron chi connectivity index (χ3n) is 3.63. The molecule has 1 atom stereocenters. The van der Waals surface area contributed by atoms with Crippen molar-refractivity contribution in [1.82, 2.24) is 5.32 Å². The summed E-state index contributed by atoms with van der Waals surface area (Å²) in [7, 11) is 0. The van der Waals surface area contributed by atoms with Gasteiger partial charge in [-0.3, -0.25) is 0 Å². The highest BCUT2D eigenvalue weighted by atomic mass is 19.1. The van der Waals surface area contributed by atoms with Crippen molar-refractivity contribution < 1.29 is 4.39 Å². The fourth-order valence-corrected chi connectivity index (χ4v) is 2.61. The molecule has 2 fully saturated rings. The van der Waals surface area contributed by atoms with Crippen LogP contribution < -0.4 is 10.2 Å². The normalized spacial score (nSPS) is 24.4. The number of hydrogen-bond acceptors (Lipinski definition) is 2. The molecule has 2 nitrogen and oxygen atoms in total. The third-order valence-corrected chi connectivity index (χ3v) is 3.63. The molecule has 1 saturated heterocycles. The predicted octanol–water partition coefficient (Wildman–Crippen LogP) is 2.46. The molecule has 1 unspecified atom stereocenters. The molecule has 0 aromatic heterocycles. The first kappa shape index (κ1) is 11.0. The lowest BCUT2D eigenvalue weighted by Crippen LogP contribution is -2.33. The van der Waals surface area contributed by atoms with Crippen molar-refractivity contribution in [2.75, 3.05) is 18.0 Å². The quantitative estimate of drug-likeness (QED) is 0.864. The van der Waals surface area contributed by atoms with Gasteiger partial charge in [-0.05, 0) is 49.9 Å². The fourth-order valence-electron chi connectivity index (χ4n) is 2.61. The van der Waals surface area contributed by atoms with Crippen LogP contribution >= 0.6 is 0 Å². The zero-order chi connectivity index (χ0) is 11.8. The molecular weight excluding hydrogens is 215 g/mol. The number of anilines is 1. The Morgan fingerprint density at radius 1 is 1.18 bits per heavy atom. The molecule has 3 heteroatoms. The van der Waals surface area contributed by atoms with Crippen molar-refractivity contribution in [3.05, 3.63) is 29.6 Å². The largest absolute Gasteiger partial charge is 0.370 e. The van der Waals surface area contributed by atoms with Gasteiger partial charge in [0.25, 0.3) is 0 Å². The van der Waals surface area contributed by atoms with Crippen LogP contribution in [0.2, 0.25) is 0 Å². The summed E-state index contributed by atoms with van der Waals surface area (Å²) in [5.41, 5.74) is 2.03. The minimum atomic E-state index is -0.126. The van der Waals surface area contributed by atoms with Gasteiger partial charge < -0.3 is 10.2 Å². The van der Waals surface area contributed by atoms with Crippen molar-refractivity contribution in [1.29, 1.82) is 0 Å². The summed E-state index contributed by atoms with van der Waals surface area (Å²) in [6.07, 6.45) is 3.83. The molecule has 2 aliphatic rings. The monoisotopic (exact) mass is 234 g/mol. The van der Waals surface area contributed by atoms with Crippen LogP contribution in [0.15, 0.2) is 18.2 Å². The van der Waals surface area contributed by atoms with E-state index >= 15 is 0 Å². The Kier molecular flexibility index (Phi) is 2.79. The maximum atomic E-state index is 13.4. The van der Waals surface area contributed by atoms with Crippen LogP contribution in [-0.4, -0.2) is 25.2 Å². The van der Waals surface area contributed by atoms with Crippen molar-refractivity contribution in [2.24, 2.45) is 0 Å². The van der Waals surface area contributed by atoms with Gasteiger partial charge in [-0.1, -0.05) is 0 Å². The lowest BCUT2D eigenvalue weighted by atomic mass is 10.2. The van der Waals surface area contributed by atoms with Gasteiger partial charge in [0.1, 0.15) is 5.82 Å². The molecule has 1 N–H and O–H groups in total. The second kappa shape index (κ2) is 4.30. The Hall–Kier alpha value is -1.09. The highest BCUT2D eigenvalue weighted by Crippen LogP contribution is 2.25. The molecule has 1 aromatic rings. The molecule has 0 bridgehead atoms. The van der Waals surface area contributed by atoms with E-state index in [9.17, 15) is 4.39 Å². The second-order valence-electron chi connectivity index (χ2n) is 5.36. The molecule has 1 aliphatic heterocycles. The van der Waals surface area contributed by atoms with Crippen molar-refractivity contribution in [2.45, 2.75) is 38.3 Å². The number of nitrogens with one attached hydrogen (secondary N) is 1. The highest BCUT2D eigenvalue weighted by Gasteiger charge is 2.29. The van der Waals surface area contributed by atoms with E-state index in [1.54, 1.807) is 12.1 Å². The number of rotatable bonds is 3. The van der Waals surface area contributed by atoms with Gasteiger partial charge in [0, 0.05) is 30.9 Å². The van der Waals surface area contributed by atoms with Crippen LogP contribution in [0.5, 0.6) is 0 Å². The Morgan fingerprint density at radius 2 is 2.00 bits per heavy atom. The van der Waals surface area contributed by atoms with E-state index in [-0.39, 0.29) is 5.82 Å². The summed E-state index contributed by atoms with van der Waals surface area (Å²) in [5.74, 6) is -0.126. The predicted molar refractivity (Wildman–Crippen MR) is 67.9 cm³/mol. The highest BCUT2D eigenvalue weighted by molar-refractivity contribution is 5.50. The van der Waals surface area contributed by atoms with Crippen LogP contribution in [0, 0.1) is 12.7 Å². The van der Waals surface area contributed by atoms with E-state index in [1.165, 1.54) is 19.3 Å². The maximum Gasteiger partial charge on any atom is 0.125 e. The molecule has 0 amide bonds. The van der Waals surface area contributed by atoms with Crippen LogP contribution in [-0.2, 0) is 0 Å². The van der Waals surface area contributed by atoms with Gasteiger partial charge in [0.2, 0.25) is 0 Å². The zero-order valence-electron chi connectivity index (χ0n) is 10.2. The lowest BCUT2D eigenvalue weighted by molar-refractivity contribution is 0.548. The summed E-state index contributed by atoms with van der Waals surface area (Å²) in [5, 5.41) is 3.65. The van der Waals surface area contributed by atoms with Crippen molar-refractivity contribution >= 4 is 5.69 Å². The summed E-state index contributed by atoms with van der Waals surface area (Å²) in [4.78, 5) is 2.29.